The molecule has 0 saturated carbocycles. The van der Waals surface area contributed by atoms with Crippen molar-refractivity contribution in [2.45, 2.75) is 51.5 Å². The summed E-state index contributed by atoms with van der Waals surface area (Å²) in [5.74, 6) is -3.10. The van der Waals surface area contributed by atoms with Gasteiger partial charge < -0.3 is 19.7 Å². The van der Waals surface area contributed by atoms with Crippen LogP contribution < -0.4 is 10.1 Å². The lowest BCUT2D eigenvalue weighted by Crippen LogP contribution is -2.41. The van der Waals surface area contributed by atoms with E-state index in [0.717, 1.165) is 18.2 Å². The van der Waals surface area contributed by atoms with E-state index in [9.17, 15) is 31.5 Å². The molecule has 1 aliphatic rings. The van der Waals surface area contributed by atoms with Gasteiger partial charge in [-0.1, -0.05) is 0 Å². The molecule has 214 valence electrons. The number of hydrogen-bond donors (Lipinski definition) is 1. The van der Waals surface area contributed by atoms with E-state index >= 15 is 0 Å². The van der Waals surface area contributed by atoms with Gasteiger partial charge in [-0.3, -0.25) is 4.79 Å². The molecule has 1 saturated heterocycles. The quantitative estimate of drug-likeness (QED) is 0.361. The van der Waals surface area contributed by atoms with Crippen molar-refractivity contribution in [1.82, 2.24) is 14.7 Å². The fraction of sp³-hybridized carbons (Fsp3) is 0.370. The minimum atomic E-state index is -4.86. The third-order valence-corrected chi connectivity index (χ3v) is 6.07. The number of amides is 2. The fourth-order valence-corrected chi connectivity index (χ4v) is 4.37. The molecule has 2 amide bonds. The van der Waals surface area contributed by atoms with Crippen LogP contribution in [0.15, 0.2) is 48.7 Å². The van der Waals surface area contributed by atoms with Crippen molar-refractivity contribution in [3.05, 3.63) is 71.6 Å². The highest BCUT2D eigenvalue weighted by Crippen LogP contribution is 2.34. The van der Waals surface area contributed by atoms with Gasteiger partial charge in [0.1, 0.15) is 22.9 Å². The van der Waals surface area contributed by atoms with E-state index in [1.54, 1.807) is 25.7 Å². The predicted octanol–water partition coefficient (Wildman–Crippen LogP) is 6.42. The van der Waals surface area contributed by atoms with Crippen molar-refractivity contribution in [2.75, 3.05) is 18.4 Å². The molecular formula is C27H27F5N4O4. The van der Waals surface area contributed by atoms with Crippen LogP contribution in [0.3, 0.4) is 0 Å². The van der Waals surface area contributed by atoms with Gasteiger partial charge in [0.15, 0.2) is 5.82 Å². The monoisotopic (exact) mass is 566 g/mol. The van der Waals surface area contributed by atoms with Crippen LogP contribution in [0.4, 0.5) is 32.4 Å². The normalized spacial score (nSPS) is 14.7. The maximum Gasteiger partial charge on any atom is 0.573 e. The van der Waals surface area contributed by atoms with Crippen molar-refractivity contribution in [3.63, 3.8) is 0 Å². The fourth-order valence-electron chi connectivity index (χ4n) is 4.37. The number of aromatic nitrogens is 2. The first-order valence-electron chi connectivity index (χ1n) is 12.4. The van der Waals surface area contributed by atoms with Crippen LogP contribution in [0, 0.1) is 11.6 Å². The molecule has 0 bridgehead atoms. The van der Waals surface area contributed by atoms with Gasteiger partial charge in [-0.25, -0.2) is 18.3 Å². The Morgan fingerprint density at radius 2 is 1.65 bits per heavy atom. The van der Waals surface area contributed by atoms with Gasteiger partial charge in [-0.2, -0.15) is 5.10 Å². The zero-order valence-corrected chi connectivity index (χ0v) is 21.9. The van der Waals surface area contributed by atoms with Crippen LogP contribution in [-0.4, -0.2) is 51.7 Å². The van der Waals surface area contributed by atoms with Crippen LogP contribution >= 0.6 is 0 Å². The molecule has 2 heterocycles. The number of nitrogens with one attached hydrogen (secondary N) is 1. The lowest BCUT2D eigenvalue weighted by molar-refractivity contribution is -0.274. The number of carbonyl (C=O) groups excluding carboxylic acids is 2. The molecule has 1 N–H and O–H groups in total. The summed E-state index contributed by atoms with van der Waals surface area (Å²) in [7, 11) is 0. The Bertz CT molecular complexity index is 1380. The number of hydrogen-bond acceptors (Lipinski definition) is 5. The van der Waals surface area contributed by atoms with Gasteiger partial charge in [0.2, 0.25) is 0 Å². The zero-order valence-electron chi connectivity index (χ0n) is 21.9. The third kappa shape index (κ3) is 7.07. The van der Waals surface area contributed by atoms with Crippen LogP contribution in [0.25, 0.3) is 5.69 Å². The predicted molar refractivity (Wildman–Crippen MR) is 134 cm³/mol. The second kappa shape index (κ2) is 11.1. The Hall–Kier alpha value is -4.16. The summed E-state index contributed by atoms with van der Waals surface area (Å²) in [4.78, 5) is 27.4. The minimum absolute atomic E-state index is 0.0707. The van der Waals surface area contributed by atoms with Gasteiger partial charge in [0, 0.05) is 30.8 Å². The lowest BCUT2D eigenvalue weighted by atomic mass is 9.90. The second-order valence-electron chi connectivity index (χ2n) is 10.2. The largest absolute Gasteiger partial charge is 0.573 e. The molecule has 13 heteroatoms. The number of piperidine rings is 1. The number of benzene rings is 2. The summed E-state index contributed by atoms with van der Waals surface area (Å²) < 4.78 is 76.2. The Morgan fingerprint density at radius 1 is 1.00 bits per heavy atom. The molecular weight excluding hydrogens is 539 g/mol. The van der Waals surface area contributed by atoms with E-state index in [-0.39, 0.29) is 22.9 Å². The number of nitrogens with zero attached hydrogens (tertiary/aromatic N) is 3. The maximum absolute atomic E-state index is 14.8. The Kier molecular flexibility index (Phi) is 8.03. The average Bonchev–Trinajstić information content (AvgIpc) is 3.28. The van der Waals surface area contributed by atoms with Crippen molar-refractivity contribution in [3.8, 4) is 11.4 Å². The number of anilines is 1. The van der Waals surface area contributed by atoms with Gasteiger partial charge in [0.25, 0.3) is 5.91 Å². The standard InChI is InChI=1S/C27H27F5N4O4/c1-26(2,3)40-25(38)35-12-10-16(11-13-35)23-20(15-33-36(23)22-9-4-17(28)14-21(22)29)24(37)34-18-5-7-19(8-6-18)39-27(30,31)32/h4-9,14-16H,10-13H2,1-3H3,(H,34,37). The van der Waals surface area contributed by atoms with Crippen LogP contribution in [0.5, 0.6) is 5.75 Å². The number of likely N-dealkylation sites (tertiary alicyclic amines) is 1. The number of carbonyl (C=O) groups is 2. The first-order chi connectivity index (χ1) is 18.7. The number of halogens is 5. The molecule has 0 atom stereocenters. The molecule has 2 aromatic carbocycles. The molecule has 0 aliphatic carbocycles. The van der Waals surface area contributed by atoms with Crippen molar-refractivity contribution in [2.24, 2.45) is 0 Å². The van der Waals surface area contributed by atoms with E-state index in [1.165, 1.54) is 29.1 Å². The zero-order chi connectivity index (χ0) is 29.2. The van der Waals surface area contributed by atoms with Crippen LogP contribution in [0.1, 0.15) is 55.6 Å². The third-order valence-electron chi connectivity index (χ3n) is 6.07. The number of ether oxygens (including phenoxy) is 2. The summed E-state index contributed by atoms with van der Waals surface area (Å²) in [6, 6.07) is 7.55. The van der Waals surface area contributed by atoms with Crippen LogP contribution in [0.2, 0.25) is 0 Å². The molecule has 3 aromatic rings. The molecule has 0 spiro atoms. The topological polar surface area (TPSA) is 85.7 Å². The molecule has 1 aromatic heterocycles. The summed E-state index contributed by atoms with van der Waals surface area (Å²) >= 11 is 0. The summed E-state index contributed by atoms with van der Waals surface area (Å²) in [6.07, 6.45) is -3.28. The average molecular weight is 567 g/mol. The van der Waals surface area contributed by atoms with Gasteiger partial charge in [-0.15, -0.1) is 13.2 Å². The molecule has 0 radical (unpaired) electrons. The highest BCUT2D eigenvalue weighted by molar-refractivity contribution is 6.05. The second-order valence-corrected chi connectivity index (χ2v) is 10.2. The van der Waals surface area contributed by atoms with Gasteiger partial charge in [-0.05, 0) is 70.0 Å². The number of rotatable bonds is 5. The van der Waals surface area contributed by atoms with Crippen molar-refractivity contribution in [1.29, 1.82) is 0 Å². The van der Waals surface area contributed by atoms with E-state index in [2.05, 4.69) is 15.2 Å². The Labute approximate surface area is 226 Å². The first kappa shape index (κ1) is 28.8. The summed E-state index contributed by atoms with van der Waals surface area (Å²) in [5, 5.41) is 6.82. The molecule has 8 nitrogen and oxygen atoms in total. The molecule has 40 heavy (non-hydrogen) atoms. The summed E-state index contributed by atoms with van der Waals surface area (Å²) in [5.41, 5.74) is -0.113. The van der Waals surface area contributed by atoms with E-state index in [4.69, 9.17) is 4.74 Å². The smallest absolute Gasteiger partial charge is 0.444 e. The summed E-state index contributed by atoms with van der Waals surface area (Å²) in [6.45, 7) is 5.89. The highest BCUT2D eigenvalue weighted by atomic mass is 19.4. The van der Waals surface area contributed by atoms with Gasteiger partial charge >= 0.3 is 12.5 Å². The maximum atomic E-state index is 14.8. The van der Waals surface area contributed by atoms with Crippen LogP contribution in [-0.2, 0) is 4.74 Å². The highest BCUT2D eigenvalue weighted by Gasteiger charge is 2.33. The van der Waals surface area contributed by atoms with E-state index in [0.29, 0.717) is 37.7 Å². The van der Waals surface area contributed by atoms with Gasteiger partial charge in [0.05, 0.1) is 17.5 Å². The first-order valence-corrected chi connectivity index (χ1v) is 12.4. The Morgan fingerprint density at radius 3 is 2.23 bits per heavy atom. The molecule has 0 unspecified atom stereocenters. The molecule has 4 rings (SSSR count). The van der Waals surface area contributed by atoms with Crippen molar-refractivity contribution >= 4 is 17.7 Å². The van der Waals surface area contributed by atoms with E-state index in [1.807, 2.05) is 0 Å². The SMILES string of the molecule is CC(C)(C)OC(=O)N1CCC(c2c(C(=O)Nc3ccc(OC(F)(F)F)cc3)cnn2-c2ccc(F)cc2F)CC1. The van der Waals surface area contributed by atoms with Crippen molar-refractivity contribution < 1.29 is 41.0 Å². The molecule has 1 aliphatic heterocycles. The van der Waals surface area contributed by atoms with E-state index < -0.39 is 41.3 Å². The Balaban J connectivity index is 1.60. The minimum Gasteiger partial charge on any atom is -0.444 e. The molecule has 1 fully saturated rings. The number of alkyl halides is 3. The lowest BCUT2D eigenvalue weighted by Gasteiger charge is -2.34.